The minimum Gasteiger partial charge on any atom is -0.393 e. The molecule has 0 aromatic carbocycles. The molecule has 1 nitrogen and oxygen atoms in total. The Hall–Kier alpha value is -0.180. The molecule has 1 fully saturated rings. The van der Waals surface area contributed by atoms with E-state index in [-0.39, 0.29) is 24.7 Å². The Morgan fingerprint density at radius 3 is 2.08 bits per heavy atom. The number of halogens is 2. The van der Waals surface area contributed by atoms with Crippen molar-refractivity contribution in [3.8, 4) is 0 Å². The average molecular weight is 192 g/mol. The molecule has 0 heterocycles. The number of aliphatic hydroxyl groups is 1. The normalized spacial score (nSPS) is 26.3. The molecule has 1 rings (SSSR count). The summed E-state index contributed by atoms with van der Waals surface area (Å²) < 4.78 is 25.5. The maximum Gasteiger partial charge on any atom is 0.248 e. The lowest BCUT2D eigenvalue weighted by atomic mass is 9.80. The van der Waals surface area contributed by atoms with Crippen LogP contribution in [0.15, 0.2) is 0 Å². The van der Waals surface area contributed by atoms with Crippen molar-refractivity contribution in [3.63, 3.8) is 0 Å². The van der Waals surface area contributed by atoms with Gasteiger partial charge in [-0.2, -0.15) is 0 Å². The third-order valence-electron chi connectivity index (χ3n) is 2.93. The van der Waals surface area contributed by atoms with Crippen LogP contribution >= 0.6 is 0 Å². The Morgan fingerprint density at radius 2 is 1.69 bits per heavy atom. The van der Waals surface area contributed by atoms with Crippen molar-refractivity contribution in [2.75, 3.05) is 0 Å². The van der Waals surface area contributed by atoms with E-state index in [1.54, 1.807) is 0 Å². The molecule has 0 spiro atoms. The first-order valence-corrected chi connectivity index (χ1v) is 4.98. The average Bonchev–Trinajstić information content (AvgIpc) is 2.03. The first-order valence-electron chi connectivity index (χ1n) is 4.98. The van der Waals surface area contributed by atoms with E-state index in [1.807, 2.05) is 13.8 Å². The summed E-state index contributed by atoms with van der Waals surface area (Å²) in [6, 6.07) is 0. The van der Waals surface area contributed by atoms with E-state index in [4.69, 9.17) is 0 Å². The maximum atomic E-state index is 12.8. The van der Waals surface area contributed by atoms with Gasteiger partial charge in [-0.3, -0.25) is 0 Å². The van der Waals surface area contributed by atoms with E-state index < -0.39 is 12.0 Å². The van der Waals surface area contributed by atoms with Crippen molar-refractivity contribution in [1.29, 1.82) is 0 Å². The lowest BCUT2D eigenvalue weighted by Gasteiger charge is -2.32. The zero-order valence-corrected chi connectivity index (χ0v) is 8.26. The van der Waals surface area contributed by atoms with Gasteiger partial charge in [0.05, 0.1) is 6.10 Å². The molecule has 0 aromatic heterocycles. The Bertz CT molecular complexity index is 158. The summed E-state index contributed by atoms with van der Waals surface area (Å²) in [5, 5.41) is 9.68. The third-order valence-corrected chi connectivity index (χ3v) is 2.93. The van der Waals surface area contributed by atoms with Crippen LogP contribution < -0.4 is 0 Å². The predicted molar refractivity (Wildman–Crippen MR) is 47.7 cm³/mol. The lowest BCUT2D eigenvalue weighted by molar-refractivity contribution is -0.0680. The second kappa shape index (κ2) is 3.91. The maximum absolute atomic E-state index is 12.8. The van der Waals surface area contributed by atoms with Crippen molar-refractivity contribution in [1.82, 2.24) is 0 Å². The lowest BCUT2D eigenvalue weighted by Crippen LogP contribution is -2.33. The molecule has 78 valence electrons. The predicted octanol–water partition coefficient (Wildman–Crippen LogP) is 2.83. The molecule has 1 aliphatic carbocycles. The molecule has 3 heteroatoms. The largest absolute Gasteiger partial charge is 0.393 e. The molecule has 0 aliphatic heterocycles. The molecule has 0 amide bonds. The van der Waals surface area contributed by atoms with Gasteiger partial charge in [-0.1, -0.05) is 13.8 Å². The molecular weight excluding hydrogens is 174 g/mol. The molecule has 1 unspecified atom stereocenters. The van der Waals surface area contributed by atoms with Crippen molar-refractivity contribution in [2.24, 2.45) is 11.8 Å². The number of hydrogen-bond donors (Lipinski definition) is 1. The Balaban J connectivity index is 2.41. The van der Waals surface area contributed by atoms with Crippen molar-refractivity contribution >= 4 is 0 Å². The monoisotopic (exact) mass is 192 g/mol. The van der Waals surface area contributed by atoms with Gasteiger partial charge in [-0.15, -0.1) is 0 Å². The molecule has 1 atom stereocenters. The van der Waals surface area contributed by atoms with Crippen LogP contribution in [0.3, 0.4) is 0 Å². The summed E-state index contributed by atoms with van der Waals surface area (Å²) in [7, 11) is 0. The summed E-state index contributed by atoms with van der Waals surface area (Å²) in [6.45, 7) is 3.86. The Labute approximate surface area is 78.1 Å². The SMILES string of the molecule is CC(C)C(O)C1CCC(F)(F)CC1. The third kappa shape index (κ3) is 2.90. The first kappa shape index (κ1) is 10.9. The molecule has 13 heavy (non-hydrogen) atoms. The first-order chi connectivity index (χ1) is 5.92. The standard InChI is InChI=1S/C10H18F2O/c1-7(2)9(13)8-3-5-10(11,12)6-4-8/h7-9,13H,3-6H2,1-2H3. The van der Waals surface area contributed by atoms with Crippen molar-refractivity contribution in [3.05, 3.63) is 0 Å². The highest BCUT2D eigenvalue weighted by Crippen LogP contribution is 2.38. The number of aliphatic hydroxyl groups excluding tert-OH is 1. The smallest absolute Gasteiger partial charge is 0.248 e. The quantitative estimate of drug-likeness (QED) is 0.713. The van der Waals surface area contributed by atoms with Gasteiger partial charge in [0.25, 0.3) is 0 Å². The van der Waals surface area contributed by atoms with E-state index in [1.165, 1.54) is 0 Å². The van der Waals surface area contributed by atoms with Gasteiger partial charge in [0, 0.05) is 12.8 Å². The van der Waals surface area contributed by atoms with E-state index in [0.717, 1.165) is 0 Å². The molecule has 1 aliphatic rings. The van der Waals surface area contributed by atoms with Crippen LogP contribution in [-0.4, -0.2) is 17.1 Å². The van der Waals surface area contributed by atoms with Gasteiger partial charge in [-0.25, -0.2) is 8.78 Å². The van der Waals surface area contributed by atoms with Gasteiger partial charge in [0.2, 0.25) is 5.92 Å². The number of hydrogen-bond acceptors (Lipinski definition) is 1. The second-order valence-electron chi connectivity index (χ2n) is 4.43. The van der Waals surface area contributed by atoms with E-state index in [0.29, 0.717) is 12.8 Å². The van der Waals surface area contributed by atoms with E-state index in [9.17, 15) is 13.9 Å². The van der Waals surface area contributed by atoms with Crippen LogP contribution in [0.4, 0.5) is 8.78 Å². The number of rotatable bonds is 2. The fourth-order valence-electron chi connectivity index (χ4n) is 1.95. The fraction of sp³-hybridized carbons (Fsp3) is 1.00. The number of alkyl halides is 2. The van der Waals surface area contributed by atoms with Crippen molar-refractivity contribution in [2.45, 2.75) is 51.6 Å². The zero-order chi connectivity index (χ0) is 10.1. The minimum atomic E-state index is -2.48. The van der Waals surface area contributed by atoms with Crippen LogP contribution in [0.1, 0.15) is 39.5 Å². The highest BCUT2D eigenvalue weighted by atomic mass is 19.3. The van der Waals surface area contributed by atoms with Gasteiger partial charge in [0.1, 0.15) is 0 Å². The van der Waals surface area contributed by atoms with Crippen molar-refractivity contribution < 1.29 is 13.9 Å². The summed E-state index contributed by atoms with van der Waals surface area (Å²) in [5.41, 5.74) is 0. The fourth-order valence-corrected chi connectivity index (χ4v) is 1.95. The summed E-state index contributed by atoms with van der Waals surface area (Å²) in [6.07, 6.45) is 0.415. The Kier molecular flexibility index (Phi) is 3.28. The molecule has 1 N–H and O–H groups in total. The highest BCUT2D eigenvalue weighted by Gasteiger charge is 2.37. The molecule has 1 saturated carbocycles. The summed E-state index contributed by atoms with van der Waals surface area (Å²) in [4.78, 5) is 0. The van der Waals surface area contributed by atoms with Gasteiger partial charge in [0.15, 0.2) is 0 Å². The molecule has 0 bridgehead atoms. The van der Waals surface area contributed by atoms with Crippen LogP contribution in [0, 0.1) is 11.8 Å². The van der Waals surface area contributed by atoms with E-state index in [2.05, 4.69) is 0 Å². The topological polar surface area (TPSA) is 20.2 Å². The second-order valence-corrected chi connectivity index (χ2v) is 4.43. The zero-order valence-electron chi connectivity index (χ0n) is 8.26. The van der Waals surface area contributed by atoms with Crippen LogP contribution in [0.5, 0.6) is 0 Å². The van der Waals surface area contributed by atoms with E-state index >= 15 is 0 Å². The van der Waals surface area contributed by atoms with Crippen LogP contribution in [0.2, 0.25) is 0 Å². The minimum absolute atomic E-state index is 0.0541. The molecule has 0 aromatic rings. The molecular formula is C10H18F2O. The molecule has 0 saturated heterocycles. The van der Waals surface area contributed by atoms with Gasteiger partial charge in [-0.05, 0) is 24.7 Å². The molecule has 0 radical (unpaired) electrons. The summed E-state index contributed by atoms with van der Waals surface area (Å²) >= 11 is 0. The van der Waals surface area contributed by atoms with Gasteiger partial charge < -0.3 is 5.11 Å². The van der Waals surface area contributed by atoms with Crippen LogP contribution in [0.25, 0.3) is 0 Å². The summed E-state index contributed by atoms with van der Waals surface area (Å²) in [5.74, 6) is -2.22. The highest BCUT2D eigenvalue weighted by molar-refractivity contribution is 4.82. The Morgan fingerprint density at radius 1 is 1.23 bits per heavy atom. The van der Waals surface area contributed by atoms with Gasteiger partial charge >= 0.3 is 0 Å². The van der Waals surface area contributed by atoms with Crippen LogP contribution in [-0.2, 0) is 0 Å².